The van der Waals surface area contributed by atoms with Crippen molar-refractivity contribution in [3.63, 3.8) is 0 Å². The molecule has 1 aliphatic rings. The number of rotatable bonds is 5. The molecule has 2 aromatic rings. The maximum Gasteiger partial charge on any atom is 0.137 e. The number of likely N-dealkylation sites (tertiary alicyclic amines) is 1. The standard InChI is InChI=1S/C19H25NO2/c1-15-9-11-20(12-10-15)13-17(21)14-22-19-8-4-6-16-5-2-3-7-18(16)19/h2-8,15,17,21H,9-14H2,1H3/p+1/t17-/m0/s1. The lowest BCUT2D eigenvalue weighted by molar-refractivity contribution is -0.909. The van der Waals surface area contributed by atoms with Crippen LogP contribution in [0.5, 0.6) is 5.75 Å². The van der Waals surface area contributed by atoms with E-state index >= 15 is 0 Å². The lowest BCUT2D eigenvalue weighted by Crippen LogP contribution is -3.14. The van der Waals surface area contributed by atoms with Gasteiger partial charge in [0.15, 0.2) is 0 Å². The molecule has 0 bridgehead atoms. The van der Waals surface area contributed by atoms with Gasteiger partial charge in [-0.2, -0.15) is 0 Å². The van der Waals surface area contributed by atoms with E-state index < -0.39 is 6.10 Å². The molecule has 0 amide bonds. The van der Waals surface area contributed by atoms with Gasteiger partial charge in [0.25, 0.3) is 0 Å². The molecule has 22 heavy (non-hydrogen) atoms. The SMILES string of the molecule is CC1CC[NH+](C[C@H](O)COc2cccc3ccccc23)CC1. The topological polar surface area (TPSA) is 33.9 Å². The highest BCUT2D eigenvalue weighted by molar-refractivity contribution is 5.88. The molecular weight excluding hydrogens is 274 g/mol. The third kappa shape index (κ3) is 3.79. The summed E-state index contributed by atoms with van der Waals surface area (Å²) in [6.45, 7) is 5.82. The molecule has 0 aromatic heterocycles. The van der Waals surface area contributed by atoms with Gasteiger partial charge >= 0.3 is 0 Å². The summed E-state index contributed by atoms with van der Waals surface area (Å²) >= 11 is 0. The Hall–Kier alpha value is -1.58. The number of fused-ring (bicyclic) bond motifs is 1. The zero-order valence-corrected chi connectivity index (χ0v) is 13.3. The van der Waals surface area contributed by atoms with Crippen molar-refractivity contribution in [3.8, 4) is 5.75 Å². The maximum atomic E-state index is 10.3. The number of hydrogen-bond donors (Lipinski definition) is 2. The summed E-state index contributed by atoms with van der Waals surface area (Å²) in [5.74, 6) is 1.70. The molecule has 2 aromatic carbocycles. The smallest absolute Gasteiger partial charge is 0.137 e. The largest absolute Gasteiger partial charge is 0.490 e. The van der Waals surface area contributed by atoms with Crippen molar-refractivity contribution in [1.82, 2.24) is 0 Å². The highest BCUT2D eigenvalue weighted by atomic mass is 16.5. The van der Waals surface area contributed by atoms with E-state index in [0.29, 0.717) is 6.61 Å². The minimum atomic E-state index is -0.401. The lowest BCUT2D eigenvalue weighted by atomic mass is 9.99. The fourth-order valence-electron chi connectivity index (χ4n) is 3.27. The van der Waals surface area contributed by atoms with Crippen molar-refractivity contribution in [2.75, 3.05) is 26.2 Å². The van der Waals surface area contributed by atoms with E-state index in [1.807, 2.05) is 24.3 Å². The van der Waals surface area contributed by atoms with Crippen LogP contribution < -0.4 is 9.64 Å². The van der Waals surface area contributed by atoms with Gasteiger partial charge < -0.3 is 14.7 Å². The molecule has 2 N–H and O–H groups in total. The number of ether oxygens (including phenoxy) is 1. The monoisotopic (exact) mass is 300 g/mol. The molecule has 0 spiro atoms. The molecule has 0 unspecified atom stereocenters. The van der Waals surface area contributed by atoms with E-state index in [2.05, 4.69) is 25.1 Å². The third-order valence-corrected chi connectivity index (χ3v) is 4.69. The van der Waals surface area contributed by atoms with E-state index in [1.54, 1.807) is 0 Å². The number of hydrogen-bond acceptors (Lipinski definition) is 2. The van der Waals surface area contributed by atoms with Crippen molar-refractivity contribution < 1.29 is 14.7 Å². The van der Waals surface area contributed by atoms with Crippen LogP contribution >= 0.6 is 0 Å². The second-order valence-electron chi connectivity index (χ2n) is 6.58. The maximum absolute atomic E-state index is 10.3. The number of nitrogens with one attached hydrogen (secondary N) is 1. The van der Waals surface area contributed by atoms with Crippen molar-refractivity contribution >= 4 is 10.8 Å². The molecule has 0 radical (unpaired) electrons. The van der Waals surface area contributed by atoms with Crippen LogP contribution in [0.15, 0.2) is 42.5 Å². The van der Waals surface area contributed by atoms with Crippen LogP contribution in [0.2, 0.25) is 0 Å². The van der Waals surface area contributed by atoms with Gasteiger partial charge in [0.1, 0.15) is 25.0 Å². The van der Waals surface area contributed by atoms with Crippen molar-refractivity contribution in [1.29, 1.82) is 0 Å². The first-order chi connectivity index (χ1) is 10.7. The Morgan fingerprint density at radius 2 is 1.86 bits per heavy atom. The average molecular weight is 300 g/mol. The summed E-state index contributed by atoms with van der Waals surface area (Å²) in [5.41, 5.74) is 0. The Balaban J connectivity index is 1.55. The predicted molar refractivity (Wildman–Crippen MR) is 89.4 cm³/mol. The van der Waals surface area contributed by atoms with Gasteiger partial charge in [0.2, 0.25) is 0 Å². The predicted octanol–water partition coefficient (Wildman–Crippen LogP) is 1.89. The Kier molecular flexibility index (Phi) is 4.96. The average Bonchev–Trinajstić information content (AvgIpc) is 2.55. The van der Waals surface area contributed by atoms with E-state index in [4.69, 9.17) is 4.74 Å². The first kappa shape index (κ1) is 15.3. The van der Waals surface area contributed by atoms with Crippen LogP contribution in [0.3, 0.4) is 0 Å². The fraction of sp³-hybridized carbons (Fsp3) is 0.474. The first-order valence-electron chi connectivity index (χ1n) is 8.34. The molecule has 3 heteroatoms. The van der Waals surface area contributed by atoms with Gasteiger partial charge in [-0.05, 0) is 30.2 Å². The molecule has 3 nitrogen and oxygen atoms in total. The molecule has 1 heterocycles. The molecule has 0 aliphatic carbocycles. The number of piperidine rings is 1. The Labute approximate surface area is 132 Å². The van der Waals surface area contributed by atoms with Crippen molar-refractivity contribution in [2.45, 2.75) is 25.9 Å². The van der Waals surface area contributed by atoms with Gasteiger partial charge in [-0.15, -0.1) is 0 Å². The molecule has 0 saturated carbocycles. The van der Waals surface area contributed by atoms with Crippen LogP contribution in [-0.2, 0) is 0 Å². The van der Waals surface area contributed by atoms with Crippen LogP contribution in [0.1, 0.15) is 19.8 Å². The van der Waals surface area contributed by atoms with E-state index in [1.165, 1.54) is 36.2 Å². The van der Waals surface area contributed by atoms with Gasteiger partial charge in [-0.1, -0.05) is 43.3 Å². The van der Waals surface area contributed by atoms with Gasteiger partial charge in [0.05, 0.1) is 13.1 Å². The molecule has 1 aliphatic heterocycles. The van der Waals surface area contributed by atoms with Crippen LogP contribution in [0.25, 0.3) is 10.8 Å². The second-order valence-corrected chi connectivity index (χ2v) is 6.58. The van der Waals surface area contributed by atoms with Crippen molar-refractivity contribution in [2.24, 2.45) is 5.92 Å². The third-order valence-electron chi connectivity index (χ3n) is 4.69. The van der Waals surface area contributed by atoms with E-state index in [0.717, 1.165) is 23.6 Å². The molecule has 118 valence electrons. The van der Waals surface area contributed by atoms with Crippen LogP contribution in [0, 0.1) is 5.92 Å². The Morgan fingerprint density at radius 1 is 1.14 bits per heavy atom. The normalized spacial score (nSPS) is 23.4. The quantitative estimate of drug-likeness (QED) is 0.884. The second kappa shape index (κ2) is 7.12. The zero-order valence-electron chi connectivity index (χ0n) is 13.3. The Morgan fingerprint density at radius 3 is 2.68 bits per heavy atom. The van der Waals surface area contributed by atoms with E-state index in [-0.39, 0.29) is 0 Å². The highest BCUT2D eigenvalue weighted by Gasteiger charge is 2.21. The van der Waals surface area contributed by atoms with Crippen LogP contribution in [0.4, 0.5) is 0 Å². The molecule has 1 saturated heterocycles. The Bertz CT molecular complexity index is 600. The number of benzene rings is 2. The summed E-state index contributed by atoms with van der Waals surface area (Å²) in [6.07, 6.45) is 2.14. The summed E-state index contributed by atoms with van der Waals surface area (Å²) in [5, 5.41) is 12.5. The van der Waals surface area contributed by atoms with Gasteiger partial charge in [-0.25, -0.2) is 0 Å². The lowest BCUT2D eigenvalue weighted by Gasteiger charge is -2.28. The fourth-order valence-corrected chi connectivity index (χ4v) is 3.27. The highest BCUT2D eigenvalue weighted by Crippen LogP contribution is 2.25. The minimum absolute atomic E-state index is 0.368. The summed E-state index contributed by atoms with van der Waals surface area (Å²) in [7, 11) is 0. The first-order valence-corrected chi connectivity index (χ1v) is 8.34. The number of aliphatic hydroxyl groups is 1. The van der Waals surface area contributed by atoms with Gasteiger partial charge in [0, 0.05) is 5.39 Å². The molecular formula is C19H26NO2+. The van der Waals surface area contributed by atoms with Crippen LogP contribution in [-0.4, -0.2) is 37.5 Å². The molecule has 1 atom stereocenters. The van der Waals surface area contributed by atoms with Gasteiger partial charge in [-0.3, -0.25) is 0 Å². The minimum Gasteiger partial charge on any atom is -0.490 e. The summed E-state index contributed by atoms with van der Waals surface area (Å²) < 4.78 is 5.88. The number of quaternary nitrogens is 1. The zero-order chi connectivity index (χ0) is 15.4. The van der Waals surface area contributed by atoms with E-state index in [9.17, 15) is 5.11 Å². The molecule has 3 rings (SSSR count). The molecule has 1 fully saturated rings. The van der Waals surface area contributed by atoms with Crippen molar-refractivity contribution in [3.05, 3.63) is 42.5 Å². The summed E-state index contributed by atoms with van der Waals surface area (Å²) in [6, 6.07) is 14.3. The summed E-state index contributed by atoms with van der Waals surface area (Å²) in [4.78, 5) is 1.51. The number of aliphatic hydroxyl groups excluding tert-OH is 1.